The molecule has 0 radical (unpaired) electrons. The molecule has 0 aliphatic carbocycles. The number of hydrogen-bond acceptors (Lipinski definition) is 0. The van der Waals surface area contributed by atoms with Gasteiger partial charge in [0.2, 0.25) is 0 Å². The molecule has 0 saturated carbocycles. The molecule has 0 aromatic carbocycles. The molecule has 0 saturated heterocycles. The van der Waals surface area contributed by atoms with Gasteiger partial charge in [-0.25, -0.2) is 0 Å². The molecule has 0 spiro atoms. The Hall–Kier alpha value is 2.22. The molecule has 0 aromatic heterocycles. The molecule has 0 fully saturated rings. The van der Waals surface area contributed by atoms with Crippen LogP contribution in [0, 0.1) is 0 Å². The van der Waals surface area contributed by atoms with E-state index in [0.29, 0.717) is 0 Å². The van der Waals surface area contributed by atoms with Crippen LogP contribution in [0.5, 0.6) is 0 Å². The first kappa shape index (κ1) is 16.1. The van der Waals surface area contributed by atoms with Crippen molar-refractivity contribution in [3.63, 3.8) is 0 Å². The summed E-state index contributed by atoms with van der Waals surface area (Å²) in [5.41, 5.74) is 0. The first-order chi connectivity index (χ1) is 2.41. The van der Waals surface area contributed by atoms with Crippen molar-refractivity contribution in [3.8, 4) is 0 Å². The van der Waals surface area contributed by atoms with Crippen LogP contribution < -0.4 is 59.1 Å². The normalized spacial score (nSPS) is 6.00. The molecule has 0 aliphatic rings. The average Bonchev–Trinajstić information content (AvgIpc) is 1.41. The maximum Gasteiger partial charge on any atom is 1.00 e. The Bertz CT molecular complexity index is 17.2. The van der Waals surface area contributed by atoms with Crippen molar-refractivity contribution in [3.05, 3.63) is 0 Å². The molecule has 0 N–H and O–H groups in total. The van der Waals surface area contributed by atoms with Gasteiger partial charge >= 0.3 is 59.1 Å². The molecule has 32 valence electrons. The Labute approximate surface area is 93.2 Å². The van der Waals surface area contributed by atoms with E-state index in [0.717, 1.165) is 0 Å². The molecule has 0 unspecified atom stereocenters. The molecule has 0 atom stereocenters. The number of hydrogen-bond donors (Lipinski definition) is 0. The van der Waals surface area contributed by atoms with Gasteiger partial charge in [-0.2, -0.15) is 0 Å². The topological polar surface area (TPSA) is 0 Å². The summed E-state index contributed by atoms with van der Waals surface area (Å²) in [6.07, 6.45) is 0. The van der Waals surface area contributed by atoms with Crippen LogP contribution in [-0.2, 0) is 0 Å². The van der Waals surface area contributed by atoms with Gasteiger partial charge in [-0.05, 0) is 0 Å². The van der Waals surface area contributed by atoms with Crippen LogP contribution in [0.15, 0.2) is 0 Å². The third-order valence-electron chi connectivity index (χ3n) is 0.500. The van der Waals surface area contributed by atoms with Crippen LogP contribution in [0.1, 0.15) is 13.8 Å². The van der Waals surface area contributed by atoms with Crippen molar-refractivity contribution >= 4 is 9.52 Å². The molecule has 0 aromatic rings. The smallest absolute Gasteiger partial charge is 0.960 e. The van der Waals surface area contributed by atoms with Gasteiger partial charge in [-0.1, -0.05) is 0 Å². The fraction of sp³-hybridized carbons (Fsp3) is 1.00. The van der Waals surface area contributed by atoms with Gasteiger partial charge in [0.25, 0.3) is 0 Å². The summed E-state index contributed by atoms with van der Waals surface area (Å²) in [5.74, 6) is 0. The van der Waals surface area contributed by atoms with Gasteiger partial charge < -0.3 is 21.6 Å². The minimum Gasteiger partial charge on any atom is -0.960 e. The molecule has 3 heteroatoms. The molecular formula is C4H10Na2Si. The molecule has 0 aliphatic heterocycles. The monoisotopic (exact) mass is 132 g/mol. The van der Waals surface area contributed by atoms with Crippen LogP contribution in [0.3, 0.4) is 0 Å². The first-order valence-corrected chi connectivity index (χ1v) is 3.54. The minimum absolute atomic E-state index is 0. The van der Waals surface area contributed by atoms with Gasteiger partial charge in [0.1, 0.15) is 0 Å². The summed E-state index contributed by atoms with van der Waals surface area (Å²) in [5, 5.41) is 0. The predicted molar refractivity (Wildman–Crippen MR) is 26.7 cm³/mol. The van der Waals surface area contributed by atoms with Gasteiger partial charge in [-0.3, -0.25) is 0 Å². The zero-order valence-corrected chi connectivity index (χ0v) is 10.9. The van der Waals surface area contributed by atoms with Crippen molar-refractivity contribution < 1.29 is 59.1 Å². The molecule has 0 heterocycles. The Balaban J connectivity index is -0.0000000800. The number of rotatable bonds is 2. The largest absolute Gasteiger partial charge is 1.00 e. The summed E-state index contributed by atoms with van der Waals surface area (Å²) >= 11 is 0. The summed E-state index contributed by atoms with van der Waals surface area (Å²) < 4.78 is 0. The summed E-state index contributed by atoms with van der Waals surface area (Å²) in [6, 6.07) is 2.74. The van der Waals surface area contributed by atoms with E-state index >= 15 is 0 Å². The van der Waals surface area contributed by atoms with E-state index < -0.39 is 0 Å². The van der Waals surface area contributed by atoms with Crippen LogP contribution in [0.4, 0.5) is 0 Å². The third-order valence-corrected chi connectivity index (χ3v) is 1.50. The van der Waals surface area contributed by atoms with Crippen molar-refractivity contribution in [2.45, 2.75) is 25.9 Å². The third kappa shape index (κ3) is 17.9. The zero-order valence-electron chi connectivity index (χ0n) is 5.91. The summed E-state index contributed by atoms with van der Waals surface area (Å²) in [6.45, 7) is 4.45. The second kappa shape index (κ2) is 15.7. The molecule has 0 amide bonds. The van der Waals surface area contributed by atoms with E-state index in [4.69, 9.17) is 0 Å². The maximum absolute atomic E-state index is 2.22. The first-order valence-electron chi connectivity index (χ1n) is 2.12. The van der Waals surface area contributed by atoms with Crippen molar-refractivity contribution in [1.82, 2.24) is 0 Å². The quantitative estimate of drug-likeness (QED) is 0.333. The fourth-order valence-electron chi connectivity index (χ4n) is 0.250. The Kier molecular flexibility index (Phi) is 36.2. The zero-order chi connectivity index (χ0) is 4.12. The Morgan fingerprint density at radius 2 is 1.29 bits per heavy atom. The van der Waals surface area contributed by atoms with Gasteiger partial charge in [-0.15, -0.1) is 13.8 Å². The minimum atomic E-state index is 0. The molecule has 0 bridgehead atoms. The molecule has 0 nitrogen and oxygen atoms in total. The van der Waals surface area contributed by atoms with E-state index in [1.165, 1.54) is 21.6 Å². The summed E-state index contributed by atoms with van der Waals surface area (Å²) in [4.78, 5) is 0. The standard InChI is InChI=1S/C4H10Si.2Na/c1-3-5-4-2;;/h3-4H2,1-2H3;;/q-2;2*+1. The average molecular weight is 132 g/mol. The van der Waals surface area contributed by atoms with E-state index in [1.807, 2.05) is 0 Å². The second-order valence-corrected chi connectivity index (χ2v) is 2.87. The van der Waals surface area contributed by atoms with Gasteiger partial charge in [0.15, 0.2) is 0 Å². The van der Waals surface area contributed by atoms with Crippen LogP contribution in [-0.4, -0.2) is 9.52 Å². The molecule has 0 rings (SSSR count). The van der Waals surface area contributed by atoms with E-state index in [9.17, 15) is 0 Å². The predicted octanol–water partition coefficient (Wildman–Crippen LogP) is -4.42. The maximum atomic E-state index is 2.22. The van der Waals surface area contributed by atoms with Crippen molar-refractivity contribution in [2.24, 2.45) is 0 Å². The van der Waals surface area contributed by atoms with E-state index in [2.05, 4.69) is 13.8 Å². The molecule has 7 heavy (non-hydrogen) atoms. The van der Waals surface area contributed by atoms with E-state index in [-0.39, 0.29) is 59.1 Å². The van der Waals surface area contributed by atoms with Crippen LogP contribution >= 0.6 is 0 Å². The molecular weight excluding hydrogens is 122 g/mol. The van der Waals surface area contributed by atoms with Gasteiger partial charge in [0.05, 0.1) is 0 Å². The van der Waals surface area contributed by atoms with Crippen LogP contribution in [0.2, 0.25) is 12.1 Å². The van der Waals surface area contributed by atoms with Crippen molar-refractivity contribution in [2.75, 3.05) is 0 Å². The Morgan fingerprint density at radius 1 is 1.00 bits per heavy atom. The van der Waals surface area contributed by atoms with Crippen LogP contribution in [0.25, 0.3) is 0 Å². The SMILES string of the molecule is CC[Si-2]CC.[Na+].[Na+]. The van der Waals surface area contributed by atoms with Crippen molar-refractivity contribution in [1.29, 1.82) is 0 Å². The Morgan fingerprint density at radius 3 is 1.29 bits per heavy atom. The fourth-order valence-corrected chi connectivity index (χ4v) is 0.750. The second-order valence-electron chi connectivity index (χ2n) is 0.957. The van der Waals surface area contributed by atoms with Gasteiger partial charge in [0, 0.05) is 0 Å². The van der Waals surface area contributed by atoms with E-state index in [1.54, 1.807) is 0 Å². The summed E-state index contributed by atoms with van der Waals surface area (Å²) in [7, 11) is 1.20.